The summed E-state index contributed by atoms with van der Waals surface area (Å²) in [7, 11) is 1.34. The summed E-state index contributed by atoms with van der Waals surface area (Å²) < 4.78 is 10.9. The predicted octanol–water partition coefficient (Wildman–Crippen LogP) is 4.31. The number of hydrogen-bond donors (Lipinski definition) is 2. The van der Waals surface area contributed by atoms with Gasteiger partial charge in [0.05, 0.1) is 25.5 Å². The molecule has 3 aromatic carbocycles. The maximum atomic E-state index is 13.2. The number of aryl methyl sites for hydroxylation is 1. The highest BCUT2D eigenvalue weighted by Crippen LogP contribution is 2.30. The number of amidine groups is 1. The molecule has 7 nitrogen and oxygen atoms in total. The van der Waals surface area contributed by atoms with E-state index in [0.717, 1.165) is 22.3 Å². The van der Waals surface area contributed by atoms with Crippen molar-refractivity contribution in [1.82, 2.24) is 4.90 Å². The second-order valence-electron chi connectivity index (χ2n) is 9.14. The zero-order valence-electron chi connectivity index (χ0n) is 20.6. The van der Waals surface area contributed by atoms with E-state index in [1.54, 1.807) is 0 Å². The zero-order chi connectivity index (χ0) is 25.7. The number of amides is 1. The van der Waals surface area contributed by atoms with E-state index in [9.17, 15) is 9.59 Å². The van der Waals surface area contributed by atoms with Crippen molar-refractivity contribution in [3.8, 4) is 16.9 Å². The standard InChI is InChI=1S/C29H31N3O4/c1-19-3-5-20(6-4-19)17-32-25(15-24(29(32)34)16-27(33)35-2)18-36-26-13-11-22(12-14-26)21-7-9-23(10-8-21)28(30)31/h3-14,24-25H,15-18H2,1-2H3,(H3,30,31)/t24-,25-/m0/s1. The van der Waals surface area contributed by atoms with Gasteiger partial charge in [-0.1, -0.05) is 66.2 Å². The Balaban J connectivity index is 1.44. The molecule has 7 heteroatoms. The number of carbonyl (C=O) groups excluding carboxylic acids is 2. The number of esters is 1. The molecule has 1 heterocycles. The van der Waals surface area contributed by atoms with Gasteiger partial charge in [0.15, 0.2) is 0 Å². The lowest BCUT2D eigenvalue weighted by Crippen LogP contribution is -2.37. The summed E-state index contributed by atoms with van der Waals surface area (Å²) in [5.41, 5.74) is 10.5. The first-order valence-corrected chi connectivity index (χ1v) is 11.9. The highest BCUT2D eigenvalue weighted by Gasteiger charge is 2.40. The molecule has 3 aromatic rings. The summed E-state index contributed by atoms with van der Waals surface area (Å²) >= 11 is 0. The molecule has 0 aromatic heterocycles. The molecule has 186 valence electrons. The van der Waals surface area contributed by atoms with E-state index in [2.05, 4.69) is 0 Å². The summed E-state index contributed by atoms with van der Waals surface area (Å²) in [5, 5.41) is 7.52. The Morgan fingerprint density at radius 2 is 1.61 bits per heavy atom. The minimum atomic E-state index is -0.406. The summed E-state index contributed by atoms with van der Waals surface area (Å²) in [5.74, 6) is -0.0768. The second kappa shape index (κ2) is 11.1. The molecule has 0 saturated carbocycles. The van der Waals surface area contributed by atoms with Crippen LogP contribution in [0.25, 0.3) is 11.1 Å². The zero-order valence-corrected chi connectivity index (χ0v) is 20.6. The third-order valence-electron chi connectivity index (χ3n) is 6.57. The molecule has 0 unspecified atom stereocenters. The van der Waals surface area contributed by atoms with Crippen LogP contribution >= 0.6 is 0 Å². The number of nitrogen functional groups attached to an aromatic ring is 1. The number of nitrogens with one attached hydrogen (secondary N) is 1. The maximum Gasteiger partial charge on any atom is 0.306 e. The number of nitrogens with two attached hydrogens (primary N) is 1. The number of hydrogen-bond acceptors (Lipinski definition) is 5. The van der Waals surface area contributed by atoms with Crippen LogP contribution in [-0.4, -0.2) is 42.4 Å². The number of benzene rings is 3. The number of nitrogens with zero attached hydrogens (tertiary/aromatic N) is 1. The normalized spacial score (nSPS) is 17.2. The van der Waals surface area contributed by atoms with Gasteiger partial charge in [0, 0.05) is 12.1 Å². The molecule has 3 N–H and O–H groups in total. The summed E-state index contributed by atoms with van der Waals surface area (Å²) in [6, 6.07) is 23.2. The molecular formula is C29H31N3O4. The molecule has 1 aliphatic rings. The first-order chi connectivity index (χ1) is 17.3. The van der Waals surface area contributed by atoms with Crippen LogP contribution in [0.4, 0.5) is 0 Å². The summed E-state index contributed by atoms with van der Waals surface area (Å²) in [4.78, 5) is 26.8. The lowest BCUT2D eigenvalue weighted by atomic mass is 10.0. The Morgan fingerprint density at radius 3 is 2.19 bits per heavy atom. The van der Waals surface area contributed by atoms with Gasteiger partial charge in [0.2, 0.25) is 5.91 Å². The molecular weight excluding hydrogens is 454 g/mol. The molecule has 36 heavy (non-hydrogen) atoms. The van der Waals surface area contributed by atoms with E-state index in [1.807, 2.05) is 84.6 Å². The molecule has 1 fully saturated rings. The Hall–Kier alpha value is -4.13. The van der Waals surface area contributed by atoms with Gasteiger partial charge in [-0.2, -0.15) is 0 Å². The molecule has 4 rings (SSSR count). The molecule has 1 amide bonds. The first kappa shape index (κ1) is 25.0. The molecule has 0 aliphatic carbocycles. The van der Waals surface area contributed by atoms with Crippen LogP contribution in [0.5, 0.6) is 5.75 Å². The molecule has 1 aliphatic heterocycles. The lowest BCUT2D eigenvalue weighted by molar-refractivity contribution is -0.145. The minimum absolute atomic E-state index is 0.0425. The molecule has 1 saturated heterocycles. The number of rotatable bonds is 9. The van der Waals surface area contributed by atoms with Gasteiger partial charge in [-0.3, -0.25) is 15.0 Å². The first-order valence-electron chi connectivity index (χ1n) is 11.9. The van der Waals surface area contributed by atoms with E-state index in [0.29, 0.717) is 30.9 Å². The highest BCUT2D eigenvalue weighted by molar-refractivity contribution is 5.95. The number of ether oxygens (including phenoxy) is 2. The fourth-order valence-electron chi connectivity index (χ4n) is 4.46. The molecule has 2 atom stereocenters. The Labute approximate surface area is 211 Å². The van der Waals surface area contributed by atoms with Crippen molar-refractivity contribution in [1.29, 1.82) is 5.41 Å². The lowest BCUT2D eigenvalue weighted by Gasteiger charge is -2.25. The van der Waals surface area contributed by atoms with Crippen molar-refractivity contribution in [2.75, 3.05) is 13.7 Å². The molecule has 0 spiro atoms. The fraction of sp³-hybridized carbons (Fsp3) is 0.276. The van der Waals surface area contributed by atoms with E-state index >= 15 is 0 Å². The monoisotopic (exact) mass is 485 g/mol. The summed E-state index contributed by atoms with van der Waals surface area (Å²) in [6.45, 7) is 2.84. The van der Waals surface area contributed by atoms with Crippen molar-refractivity contribution < 1.29 is 19.1 Å². The summed E-state index contributed by atoms with van der Waals surface area (Å²) in [6.07, 6.45) is 0.619. The third kappa shape index (κ3) is 5.92. The van der Waals surface area contributed by atoms with Crippen molar-refractivity contribution in [2.45, 2.75) is 32.4 Å². The van der Waals surface area contributed by atoms with Crippen molar-refractivity contribution in [2.24, 2.45) is 11.7 Å². The van der Waals surface area contributed by atoms with E-state index in [4.69, 9.17) is 20.6 Å². The van der Waals surface area contributed by atoms with E-state index < -0.39 is 5.92 Å². The minimum Gasteiger partial charge on any atom is -0.491 e. The van der Waals surface area contributed by atoms with Crippen LogP contribution in [0, 0.1) is 18.3 Å². The van der Waals surface area contributed by atoms with Gasteiger partial charge in [-0.15, -0.1) is 0 Å². The Morgan fingerprint density at radius 1 is 1.00 bits per heavy atom. The van der Waals surface area contributed by atoms with Crippen LogP contribution in [0.1, 0.15) is 29.5 Å². The smallest absolute Gasteiger partial charge is 0.306 e. The SMILES string of the molecule is COC(=O)C[C@@H]1C[C@@H](COc2ccc(-c3ccc(C(=N)N)cc3)cc2)N(Cc2ccc(C)cc2)C1=O. The largest absolute Gasteiger partial charge is 0.491 e. The second-order valence-corrected chi connectivity index (χ2v) is 9.14. The van der Waals surface area contributed by atoms with Crippen molar-refractivity contribution >= 4 is 17.7 Å². The van der Waals surface area contributed by atoms with Gasteiger partial charge in [-0.25, -0.2) is 0 Å². The number of carbonyl (C=O) groups is 2. The number of likely N-dealkylation sites (tertiary alicyclic amines) is 1. The molecule has 0 radical (unpaired) electrons. The van der Waals surface area contributed by atoms with Gasteiger partial charge >= 0.3 is 5.97 Å². The van der Waals surface area contributed by atoms with Gasteiger partial charge in [0.25, 0.3) is 0 Å². The quantitative estimate of drug-likeness (QED) is 0.267. The van der Waals surface area contributed by atoms with Crippen molar-refractivity contribution in [3.63, 3.8) is 0 Å². The van der Waals surface area contributed by atoms with Crippen LogP contribution in [0.15, 0.2) is 72.8 Å². The molecule has 0 bridgehead atoms. The third-order valence-corrected chi connectivity index (χ3v) is 6.57. The average Bonchev–Trinajstić information content (AvgIpc) is 3.18. The Kier molecular flexibility index (Phi) is 7.68. The average molecular weight is 486 g/mol. The highest BCUT2D eigenvalue weighted by atomic mass is 16.5. The number of methoxy groups -OCH3 is 1. The predicted molar refractivity (Wildman–Crippen MR) is 139 cm³/mol. The van der Waals surface area contributed by atoms with Crippen molar-refractivity contribution in [3.05, 3.63) is 89.5 Å². The topological polar surface area (TPSA) is 106 Å². The van der Waals surface area contributed by atoms with Crippen LogP contribution in [-0.2, 0) is 20.9 Å². The van der Waals surface area contributed by atoms with Gasteiger partial charge < -0.3 is 20.1 Å². The van der Waals surface area contributed by atoms with Crippen LogP contribution in [0.3, 0.4) is 0 Å². The van der Waals surface area contributed by atoms with Gasteiger partial charge in [-0.05, 0) is 42.2 Å². The van der Waals surface area contributed by atoms with E-state index in [-0.39, 0.29) is 30.2 Å². The van der Waals surface area contributed by atoms with Gasteiger partial charge in [0.1, 0.15) is 18.2 Å². The van der Waals surface area contributed by atoms with Crippen LogP contribution < -0.4 is 10.5 Å². The maximum absolute atomic E-state index is 13.2. The fourth-order valence-corrected chi connectivity index (χ4v) is 4.46. The van der Waals surface area contributed by atoms with Crippen LogP contribution in [0.2, 0.25) is 0 Å². The van der Waals surface area contributed by atoms with E-state index in [1.165, 1.54) is 7.11 Å². The Bertz CT molecular complexity index is 1220.